The molecular weight excluding hydrogens is 1110 g/mol. The molecule has 0 bridgehead atoms. The molecule has 10 heteroatoms. The second-order valence-electron chi connectivity index (χ2n) is 24.5. The van der Waals surface area contributed by atoms with Gasteiger partial charge in [-0.25, -0.2) is 0 Å². The van der Waals surface area contributed by atoms with Gasteiger partial charge in [-0.15, -0.1) is 0 Å². The standard InChI is InChI=1S/C78H132NO8P/c1-6-8-10-12-14-16-18-20-22-24-26-28-30-32-34-36-38-39-41-43-45-47-49-51-53-55-57-59-61-63-65-67-69-71-78(81)87-76(75-86-88(82,83)85-73-72-79(3,4)5)74-84-77(80)70-68-66-64-62-60-58-56-54-52-50-48-46-44-42-40-37-35-33-31-29-27-25-23-21-19-17-15-13-11-9-7-2/h8,10,14,16,19-22,25-28,32,34,38-39,43,45,49,51,55,57,61,63,76H,6-7,9,11-13,15,17-18,23-24,29-31,33,35-37,40-42,44,46-48,50,52-54,56,58-60,62,64-75H2,1-5H3/b10-8-,16-14-,21-19-,22-20-,27-25-,28-26-,34-32-,39-38-,45-43-,51-49-,57-55-,63-61-. The van der Waals surface area contributed by atoms with Gasteiger partial charge in [0.15, 0.2) is 6.10 Å². The van der Waals surface area contributed by atoms with Crippen molar-refractivity contribution >= 4 is 19.8 Å². The number of carbonyl (C=O) groups is 2. The monoisotopic (exact) mass is 1240 g/mol. The van der Waals surface area contributed by atoms with E-state index in [4.69, 9.17) is 18.5 Å². The Morgan fingerprint density at radius 1 is 0.364 bits per heavy atom. The van der Waals surface area contributed by atoms with Crippen LogP contribution in [-0.4, -0.2) is 70.0 Å². The number of quaternary nitrogens is 1. The molecule has 0 saturated carbocycles. The van der Waals surface area contributed by atoms with Crippen molar-refractivity contribution in [2.24, 2.45) is 0 Å². The molecule has 0 spiro atoms. The van der Waals surface area contributed by atoms with Gasteiger partial charge in [-0.1, -0.05) is 295 Å². The fourth-order valence-corrected chi connectivity index (χ4v) is 10.2. The number of allylic oxidation sites excluding steroid dienone is 24. The number of carbonyl (C=O) groups excluding carboxylic acids is 2. The van der Waals surface area contributed by atoms with Crippen LogP contribution in [0.3, 0.4) is 0 Å². The number of hydrogen-bond acceptors (Lipinski definition) is 8. The van der Waals surface area contributed by atoms with Crippen LogP contribution in [0.4, 0.5) is 0 Å². The summed E-state index contributed by atoms with van der Waals surface area (Å²) in [6.45, 7) is 4.07. The van der Waals surface area contributed by atoms with Crippen molar-refractivity contribution in [3.8, 4) is 0 Å². The van der Waals surface area contributed by atoms with E-state index in [9.17, 15) is 19.0 Å². The summed E-state index contributed by atoms with van der Waals surface area (Å²) in [6.07, 6.45) is 99.4. The first kappa shape index (κ1) is 83.9. The summed E-state index contributed by atoms with van der Waals surface area (Å²) in [5.41, 5.74) is 0. The van der Waals surface area contributed by atoms with Gasteiger partial charge in [-0.05, 0) is 122 Å². The molecule has 2 unspecified atom stereocenters. The van der Waals surface area contributed by atoms with Crippen LogP contribution in [0.1, 0.15) is 284 Å². The van der Waals surface area contributed by atoms with Crippen LogP contribution in [0.2, 0.25) is 0 Å². The zero-order valence-electron chi connectivity index (χ0n) is 57.1. The summed E-state index contributed by atoms with van der Waals surface area (Å²) in [5, 5.41) is 0. The minimum Gasteiger partial charge on any atom is -0.756 e. The second-order valence-corrected chi connectivity index (χ2v) is 25.9. The number of phosphoric acid groups is 1. The maximum Gasteiger partial charge on any atom is 0.306 e. The average molecular weight is 1240 g/mol. The zero-order chi connectivity index (χ0) is 64.1. The van der Waals surface area contributed by atoms with Crippen molar-refractivity contribution in [3.63, 3.8) is 0 Å². The van der Waals surface area contributed by atoms with Gasteiger partial charge in [0, 0.05) is 12.8 Å². The van der Waals surface area contributed by atoms with E-state index >= 15 is 0 Å². The minimum absolute atomic E-state index is 0.0462. The van der Waals surface area contributed by atoms with Gasteiger partial charge >= 0.3 is 11.9 Å². The summed E-state index contributed by atoms with van der Waals surface area (Å²) in [4.78, 5) is 38.1. The molecule has 0 rings (SSSR count). The highest BCUT2D eigenvalue weighted by Crippen LogP contribution is 2.38. The number of unbranched alkanes of at least 4 members (excludes halogenated alkanes) is 26. The number of ether oxygens (including phenoxy) is 2. The van der Waals surface area contributed by atoms with Gasteiger partial charge in [0.1, 0.15) is 19.8 Å². The smallest absolute Gasteiger partial charge is 0.306 e. The van der Waals surface area contributed by atoms with Gasteiger partial charge < -0.3 is 27.9 Å². The summed E-state index contributed by atoms with van der Waals surface area (Å²) in [6, 6.07) is 0. The highest BCUT2D eigenvalue weighted by Gasteiger charge is 2.22. The second kappa shape index (κ2) is 67.3. The number of nitrogens with zero attached hydrogens (tertiary/aromatic N) is 1. The van der Waals surface area contributed by atoms with E-state index in [1.54, 1.807) is 0 Å². The highest BCUT2D eigenvalue weighted by atomic mass is 31.2. The van der Waals surface area contributed by atoms with Crippen molar-refractivity contribution in [2.45, 2.75) is 290 Å². The zero-order valence-corrected chi connectivity index (χ0v) is 58.0. The van der Waals surface area contributed by atoms with Crippen molar-refractivity contribution in [2.75, 3.05) is 47.5 Å². The van der Waals surface area contributed by atoms with Crippen LogP contribution in [0, 0.1) is 0 Å². The van der Waals surface area contributed by atoms with Gasteiger partial charge in [0.05, 0.1) is 27.7 Å². The molecular formula is C78H132NO8P. The molecule has 9 nitrogen and oxygen atoms in total. The Balaban J connectivity index is 4.16. The first-order valence-electron chi connectivity index (χ1n) is 35.5. The quantitative estimate of drug-likeness (QED) is 0.0195. The lowest BCUT2D eigenvalue weighted by Crippen LogP contribution is -2.37. The number of hydrogen-bond donors (Lipinski definition) is 0. The minimum atomic E-state index is -4.66. The van der Waals surface area contributed by atoms with E-state index < -0.39 is 32.5 Å². The van der Waals surface area contributed by atoms with Crippen molar-refractivity contribution in [3.05, 3.63) is 146 Å². The summed E-state index contributed by atoms with van der Waals surface area (Å²) < 4.78 is 34.2. The van der Waals surface area contributed by atoms with Crippen LogP contribution < -0.4 is 4.89 Å². The third kappa shape index (κ3) is 71.0. The number of esters is 2. The van der Waals surface area contributed by atoms with Crippen molar-refractivity contribution in [1.29, 1.82) is 0 Å². The molecule has 0 saturated heterocycles. The Morgan fingerprint density at radius 3 is 0.989 bits per heavy atom. The molecule has 88 heavy (non-hydrogen) atoms. The average Bonchev–Trinajstić information content (AvgIpc) is 3.56. The van der Waals surface area contributed by atoms with E-state index in [2.05, 4.69) is 160 Å². The maximum atomic E-state index is 12.8. The first-order chi connectivity index (χ1) is 43.0. The molecule has 0 radical (unpaired) electrons. The lowest BCUT2D eigenvalue weighted by atomic mass is 10.0. The third-order valence-corrected chi connectivity index (χ3v) is 15.8. The Bertz CT molecular complexity index is 2000. The molecule has 0 fully saturated rings. The largest absolute Gasteiger partial charge is 0.756 e. The predicted octanol–water partition coefficient (Wildman–Crippen LogP) is 22.7. The van der Waals surface area contributed by atoms with Crippen LogP contribution in [-0.2, 0) is 32.7 Å². The molecule has 0 aliphatic heterocycles. The number of phosphoric ester groups is 1. The van der Waals surface area contributed by atoms with Crippen LogP contribution in [0.25, 0.3) is 0 Å². The normalized spacial score (nSPS) is 14.0. The predicted molar refractivity (Wildman–Crippen MR) is 378 cm³/mol. The van der Waals surface area contributed by atoms with Crippen LogP contribution >= 0.6 is 7.82 Å². The Hall–Kier alpha value is -4.11. The molecule has 0 aromatic rings. The van der Waals surface area contributed by atoms with E-state index in [0.717, 1.165) is 103 Å². The SMILES string of the molecule is CC/C=C\C/C=C\C/C=C\C/C=C\C/C=C\C/C=C\C/C=C\C/C=C\C/C=C\C/C=C\CCCCC(=O)OC(COC(=O)CCCCCCCCCCCCCCCCCCCCC/C=C\C/C=C\CCCCCCC)COP(=O)([O-])OCC[N+](C)(C)C. The molecule has 502 valence electrons. The van der Waals surface area contributed by atoms with E-state index in [1.807, 2.05) is 21.1 Å². The molecule has 0 aliphatic rings. The summed E-state index contributed by atoms with van der Waals surface area (Å²) in [7, 11) is 1.12. The molecule has 0 aromatic carbocycles. The van der Waals surface area contributed by atoms with E-state index in [-0.39, 0.29) is 26.1 Å². The Labute approximate surface area is 542 Å². The molecule has 0 N–H and O–H groups in total. The molecule has 0 amide bonds. The fraction of sp³-hybridized carbons (Fsp3) is 0.667. The highest BCUT2D eigenvalue weighted by molar-refractivity contribution is 7.45. The van der Waals surface area contributed by atoms with Crippen molar-refractivity contribution < 1.29 is 42.1 Å². The van der Waals surface area contributed by atoms with Gasteiger partial charge in [-0.2, -0.15) is 0 Å². The Morgan fingerprint density at radius 2 is 0.648 bits per heavy atom. The number of likely N-dealkylation sites (N-methyl/N-ethyl adjacent to an activating group) is 1. The Kier molecular flexibility index (Phi) is 64.1. The van der Waals surface area contributed by atoms with Gasteiger partial charge in [0.2, 0.25) is 0 Å². The molecule has 0 heterocycles. The molecule has 2 atom stereocenters. The van der Waals surface area contributed by atoms with Gasteiger partial charge in [-0.3, -0.25) is 14.2 Å². The van der Waals surface area contributed by atoms with Crippen molar-refractivity contribution in [1.82, 2.24) is 0 Å². The van der Waals surface area contributed by atoms with Crippen LogP contribution in [0.5, 0.6) is 0 Å². The fourth-order valence-electron chi connectivity index (χ4n) is 9.42. The topological polar surface area (TPSA) is 111 Å². The number of rotatable bonds is 64. The summed E-state index contributed by atoms with van der Waals surface area (Å²) >= 11 is 0. The first-order valence-corrected chi connectivity index (χ1v) is 37.0. The third-order valence-electron chi connectivity index (χ3n) is 14.8. The van der Waals surface area contributed by atoms with E-state index in [1.165, 1.54) is 148 Å². The molecule has 0 aromatic heterocycles. The molecule has 0 aliphatic carbocycles. The van der Waals surface area contributed by atoms with E-state index in [0.29, 0.717) is 17.4 Å². The lowest BCUT2D eigenvalue weighted by molar-refractivity contribution is -0.870. The maximum absolute atomic E-state index is 12.8. The summed E-state index contributed by atoms with van der Waals surface area (Å²) in [5.74, 6) is -0.887. The lowest BCUT2D eigenvalue weighted by Gasteiger charge is -2.28. The van der Waals surface area contributed by atoms with Gasteiger partial charge in [0.25, 0.3) is 7.82 Å². The van der Waals surface area contributed by atoms with Crippen LogP contribution in [0.15, 0.2) is 146 Å².